The lowest BCUT2D eigenvalue weighted by Crippen LogP contribution is -2.17. The van der Waals surface area contributed by atoms with E-state index in [1.807, 2.05) is 24.3 Å². The van der Waals surface area contributed by atoms with Crippen LogP contribution in [-0.2, 0) is 0 Å². The number of amides is 1. The molecular formula is C17H16FN5O2. The minimum absolute atomic E-state index is 0.0710. The molecule has 0 unspecified atom stereocenters. The maximum Gasteiger partial charge on any atom is 0.252 e. The molecule has 0 spiro atoms. The third-order valence-electron chi connectivity index (χ3n) is 3.51. The number of carbonyl (C=O) groups is 1. The van der Waals surface area contributed by atoms with E-state index in [0.29, 0.717) is 5.69 Å². The topological polar surface area (TPSA) is 113 Å². The lowest BCUT2D eigenvalue weighted by Gasteiger charge is -2.13. The Bertz CT molecular complexity index is 932. The van der Waals surface area contributed by atoms with E-state index in [0.717, 1.165) is 17.0 Å². The van der Waals surface area contributed by atoms with Gasteiger partial charge in [-0.05, 0) is 30.3 Å². The molecule has 0 aliphatic carbocycles. The molecule has 0 saturated heterocycles. The Labute approximate surface area is 142 Å². The molecule has 1 amide bonds. The van der Waals surface area contributed by atoms with Gasteiger partial charge in [0.2, 0.25) is 0 Å². The second kappa shape index (κ2) is 7.10. The van der Waals surface area contributed by atoms with Crippen LogP contribution in [0.4, 0.5) is 21.7 Å². The number of fused-ring (bicyclic) bond motifs is 1. The number of pyridine rings is 2. The van der Waals surface area contributed by atoms with Gasteiger partial charge in [-0.15, -0.1) is 0 Å². The Morgan fingerprint density at radius 3 is 2.84 bits per heavy atom. The van der Waals surface area contributed by atoms with Crippen LogP contribution in [0.3, 0.4) is 0 Å². The Kier molecular flexibility index (Phi) is 4.71. The third-order valence-corrected chi connectivity index (χ3v) is 3.51. The SMILES string of the molecule is NC(=O)c1cc(F)c(NCCO)nc1Nc1ccc2ncccc2c1. The smallest absolute Gasteiger partial charge is 0.252 e. The first kappa shape index (κ1) is 16.6. The highest BCUT2D eigenvalue weighted by molar-refractivity contribution is 5.99. The number of aliphatic hydroxyl groups excluding tert-OH is 1. The zero-order valence-electron chi connectivity index (χ0n) is 13.2. The summed E-state index contributed by atoms with van der Waals surface area (Å²) < 4.78 is 14.0. The van der Waals surface area contributed by atoms with E-state index in [4.69, 9.17) is 10.8 Å². The van der Waals surface area contributed by atoms with Crippen LogP contribution >= 0.6 is 0 Å². The van der Waals surface area contributed by atoms with Gasteiger partial charge in [0.15, 0.2) is 11.6 Å². The molecule has 25 heavy (non-hydrogen) atoms. The van der Waals surface area contributed by atoms with Crippen molar-refractivity contribution >= 4 is 34.1 Å². The van der Waals surface area contributed by atoms with Gasteiger partial charge in [-0.3, -0.25) is 9.78 Å². The summed E-state index contributed by atoms with van der Waals surface area (Å²) in [5.74, 6) is -1.48. The van der Waals surface area contributed by atoms with Crippen LogP contribution in [-0.4, -0.2) is 34.1 Å². The normalized spacial score (nSPS) is 10.6. The molecule has 8 heteroatoms. The van der Waals surface area contributed by atoms with Gasteiger partial charge in [0.1, 0.15) is 5.82 Å². The molecule has 0 atom stereocenters. The predicted molar refractivity (Wildman–Crippen MR) is 93.3 cm³/mol. The zero-order chi connectivity index (χ0) is 17.8. The number of hydrogen-bond acceptors (Lipinski definition) is 6. The summed E-state index contributed by atoms with van der Waals surface area (Å²) in [6.07, 6.45) is 1.70. The fraction of sp³-hybridized carbons (Fsp3) is 0.118. The van der Waals surface area contributed by atoms with Crippen LogP contribution in [0, 0.1) is 5.82 Å². The average molecular weight is 341 g/mol. The Balaban J connectivity index is 1.99. The monoisotopic (exact) mass is 341 g/mol. The Morgan fingerprint density at radius 2 is 2.08 bits per heavy atom. The number of anilines is 3. The van der Waals surface area contributed by atoms with Crippen molar-refractivity contribution in [3.63, 3.8) is 0 Å². The van der Waals surface area contributed by atoms with E-state index in [9.17, 15) is 9.18 Å². The molecule has 2 aromatic heterocycles. The van der Waals surface area contributed by atoms with E-state index in [2.05, 4.69) is 20.6 Å². The van der Waals surface area contributed by atoms with Gasteiger partial charge in [-0.25, -0.2) is 9.37 Å². The van der Waals surface area contributed by atoms with Gasteiger partial charge in [-0.1, -0.05) is 6.07 Å². The van der Waals surface area contributed by atoms with Crippen LogP contribution in [0.2, 0.25) is 0 Å². The van der Waals surface area contributed by atoms with Crippen LogP contribution in [0.5, 0.6) is 0 Å². The molecule has 0 aliphatic heterocycles. The summed E-state index contributed by atoms with van der Waals surface area (Å²) in [4.78, 5) is 19.9. The second-order valence-electron chi connectivity index (χ2n) is 5.27. The number of aliphatic hydroxyl groups is 1. The molecule has 0 aliphatic rings. The number of benzene rings is 1. The van der Waals surface area contributed by atoms with Gasteiger partial charge in [-0.2, -0.15) is 0 Å². The van der Waals surface area contributed by atoms with E-state index in [1.165, 1.54) is 0 Å². The second-order valence-corrected chi connectivity index (χ2v) is 5.27. The van der Waals surface area contributed by atoms with E-state index in [-0.39, 0.29) is 30.4 Å². The maximum atomic E-state index is 14.0. The van der Waals surface area contributed by atoms with Crippen LogP contribution in [0.15, 0.2) is 42.6 Å². The average Bonchev–Trinajstić information content (AvgIpc) is 2.61. The lowest BCUT2D eigenvalue weighted by molar-refractivity contribution is 0.100. The van der Waals surface area contributed by atoms with Crippen molar-refractivity contribution in [2.45, 2.75) is 0 Å². The molecule has 3 rings (SSSR count). The Morgan fingerprint density at radius 1 is 1.24 bits per heavy atom. The first-order chi connectivity index (χ1) is 12.1. The fourth-order valence-corrected chi connectivity index (χ4v) is 2.36. The highest BCUT2D eigenvalue weighted by Crippen LogP contribution is 2.25. The first-order valence-corrected chi connectivity index (χ1v) is 7.55. The number of aromatic nitrogens is 2. The predicted octanol–water partition coefficient (Wildman–Crippen LogP) is 2.02. The molecule has 2 heterocycles. The third kappa shape index (κ3) is 3.64. The highest BCUT2D eigenvalue weighted by atomic mass is 19.1. The van der Waals surface area contributed by atoms with Crippen LogP contribution < -0.4 is 16.4 Å². The molecule has 0 saturated carbocycles. The van der Waals surface area contributed by atoms with Crippen molar-refractivity contribution in [2.24, 2.45) is 5.73 Å². The number of carbonyl (C=O) groups excluding carboxylic acids is 1. The molecule has 7 nitrogen and oxygen atoms in total. The van der Waals surface area contributed by atoms with Gasteiger partial charge < -0.3 is 21.5 Å². The molecule has 5 N–H and O–H groups in total. The number of nitrogens with two attached hydrogens (primary N) is 1. The quantitative estimate of drug-likeness (QED) is 0.545. The van der Waals surface area contributed by atoms with E-state index >= 15 is 0 Å². The fourth-order valence-electron chi connectivity index (χ4n) is 2.36. The summed E-state index contributed by atoms with van der Waals surface area (Å²) >= 11 is 0. The number of rotatable bonds is 6. The summed E-state index contributed by atoms with van der Waals surface area (Å²) in [5, 5.41) is 15.4. The van der Waals surface area contributed by atoms with Crippen molar-refractivity contribution in [3.05, 3.63) is 54.0 Å². The molecule has 128 valence electrons. The van der Waals surface area contributed by atoms with Crippen molar-refractivity contribution in [3.8, 4) is 0 Å². The standard InChI is InChI=1S/C17H16FN5O2/c18-13-9-12(15(19)25)16(23-17(13)21-6-7-24)22-11-3-4-14-10(8-11)2-1-5-20-14/h1-5,8-9,24H,6-7H2,(H2,19,25)(H2,21,22,23). The molecule has 0 bridgehead atoms. The van der Waals surface area contributed by atoms with E-state index in [1.54, 1.807) is 12.3 Å². The van der Waals surface area contributed by atoms with Crippen molar-refractivity contribution in [2.75, 3.05) is 23.8 Å². The lowest BCUT2D eigenvalue weighted by atomic mass is 10.2. The minimum Gasteiger partial charge on any atom is -0.395 e. The van der Waals surface area contributed by atoms with Gasteiger partial charge in [0, 0.05) is 23.8 Å². The van der Waals surface area contributed by atoms with Crippen LogP contribution in [0.1, 0.15) is 10.4 Å². The summed E-state index contributed by atoms with van der Waals surface area (Å²) in [7, 11) is 0. The van der Waals surface area contributed by atoms with Crippen LogP contribution in [0.25, 0.3) is 10.9 Å². The number of nitrogens with one attached hydrogen (secondary N) is 2. The van der Waals surface area contributed by atoms with Gasteiger partial charge in [0.25, 0.3) is 5.91 Å². The Hall–Kier alpha value is -3.26. The van der Waals surface area contributed by atoms with Crippen molar-refractivity contribution in [1.82, 2.24) is 9.97 Å². The molecule has 0 fully saturated rings. The molecule has 1 aromatic carbocycles. The summed E-state index contributed by atoms with van der Waals surface area (Å²) in [5.41, 5.74) is 6.72. The number of halogens is 1. The molecular weight excluding hydrogens is 325 g/mol. The van der Waals surface area contributed by atoms with Gasteiger partial charge in [0.05, 0.1) is 17.7 Å². The number of nitrogens with zero attached hydrogens (tertiary/aromatic N) is 2. The van der Waals surface area contributed by atoms with E-state index < -0.39 is 11.7 Å². The number of primary amides is 1. The maximum absolute atomic E-state index is 14.0. The first-order valence-electron chi connectivity index (χ1n) is 7.55. The molecule has 0 radical (unpaired) electrons. The van der Waals surface area contributed by atoms with Crippen molar-refractivity contribution in [1.29, 1.82) is 0 Å². The largest absolute Gasteiger partial charge is 0.395 e. The zero-order valence-corrected chi connectivity index (χ0v) is 13.2. The summed E-state index contributed by atoms with van der Waals surface area (Å²) in [6, 6.07) is 10.1. The number of hydrogen-bond donors (Lipinski definition) is 4. The molecule has 3 aromatic rings. The summed E-state index contributed by atoms with van der Waals surface area (Å²) in [6.45, 7) is -0.0555. The minimum atomic E-state index is -0.801. The van der Waals surface area contributed by atoms with Gasteiger partial charge >= 0.3 is 0 Å². The van der Waals surface area contributed by atoms with Crippen molar-refractivity contribution < 1.29 is 14.3 Å². The highest BCUT2D eigenvalue weighted by Gasteiger charge is 2.16.